The topological polar surface area (TPSA) is 17.8 Å². The molecule has 1 atom stereocenters. The van der Waals surface area contributed by atoms with Gasteiger partial charge in [0.15, 0.2) is 0 Å². The number of aryl methyl sites for hydroxylation is 1. The molecule has 0 bridgehead atoms. The SMILES string of the molecule is Cc1cccc2c1nc(CCl)n2CC1CSCCS1. The standard InChI is InChI=1S/C14H17ClN2S2/c1-10-3-2-4-12-14(10)16-13(7-15)17(12)8-11-9-18-5-6-19-11/h2-4,11H,5-9H2,1H3. The van der Waals surface area contributed by atoms with Gasteiger partial charge in [0.1, 0.15) is 5.82 Å². The lowest BCUT2D eigenvalue weighted by Crippen LogP contribution is -2.21. The van der Waals surface area contributed by atoms with Crippen LogP contribution in [0.4, 0.5) is 0 Å². The Morgan fingerprint density at radius 2 is 2.32 bits per heavy atom. The number of benzene rings is 1. The number of thioether (sulfide) groups is 2. The van der Waals surface area contributed by atoms with Gasteiger partial charge < -0.3 is 4.57 Å². The summed E-state index contributed by atoms with van der Waals surface area (Å²) in [5.41, 5.74) is 3.56. The first-order valence-electron chi connectivity index (χ1n) is 6.49. The molecule has 0 amide bonds. The van der Waals surface area contributed by atoms with Crippen LogP contribution in [-0.4, -0.2) is 32.1 Å². The molecule has 0 N–H and O–H groups in total. The lowest BCUT2D eigenvalue weighted by molar-refractivity contribution is 0.687. The zero-order valence-corrected chi connectivity index (χ0v) is 13.3. The van der Waals surface area contributed by atoms with Crippen molar-refractivity contribution in [3.63, 3.8) is 0 Å². The summed E-state index contributed by atoms with van der Waals surface area (Å²) in [6, 6.07) is 6.38. The maximum absolute atomic E-state index is 6.08. The maximum atomic E-state index is 6.08. The first-order chi connectivity index (χ1) is 9.29. The summed E-state index contributed by atoms with van der Waals surface area (Å²) >= 11 is 10.2. The zero-order valence-electron chi connectivity index (χ0n) is 10.9. The quantitative estimate of drug-likeness (QED) is 0.800. The molecule has 1 aromatic carbocycles. The summed E-state index contributed by atoms with van der Waals surface area (Å²) in [6.07, 6.45) is 0. The van der Waals surface area contributed by atoms with Gasteiger partial charge in [-0.3, -0.25) is 0 Å². The van der Waals surface area contributed by atoms with Gasteiger partial charge >= 0.3 is 0 Å². The molecule has 0 radical (unpaired) electrons. The van der Waals surface area contributed by atoms with Crippen LogP contribution in [0.5, 0.6) is 0 Å². The Morgan fingerprint density at radius 1 is 1.42 bits per heavy atom. The van der Waals surface area contributed by atoms with E-state index in [0.29, 0.717) is 11.1 Å². The minimum Gasteiger partial charge on any atom is -0.326 e. The van der Waals surface area contributed by atoms with Crippen LogP contribution in [0.1, 0.15) is 11.4 Å². The molecule has 1 saturated heterocycles. The minimum atomic E-state index is 0.485. The van der Waals surface area contributed by atoms with Crippen LogP contribution < -0.4 is 0 Å². The number of alkyl halides is 1. The smallest absolute Gasteiger partial charge is 0.124 e. The minimum absolute atomic E-state index is 0.485. The molecular formula is C14H17ClN2S2. The van der Waals surface area contributed by atoms with Gasteiger partial charge in [-0.25, -0.2) is 4.98 Å². The summed E-state index contributed by atoms with van der Waals surface area (Å²) in [5.74, 6) is 5.27. The molecule has 1 aliphatic rings. The zero-order chi connectivity index (χ0) is 13.2. The molecule has 2 nitrogen and oxygen atoms in total. The van der Waals surface area contributed by atoms with E-state index in [1.165, 1.54) is 28.3 Å². The highest BCUT2D eigenvalue weighted by Gasteiger charge is 2.18. The van der Waals surface area contributed by atoms with Crippen LogP contribution in [0.15, 0.2) is 18.2 Å². The second kappa shape index (κ2) is 5.98. The highest BCUT2D eigenvalue weighted by molar-refractivity contribution is 8.06. The van der Waals surface area contributed by atoms with Gasteiger partial charge in [-0.2, -0.15) is 23.5 Å². The van der Waals surface area contributed by atoms with Gasteiger partial charge in [0.05, 0.1) is 16.9 Å². The normalized spacial score (nSPS) is 20.0. The first-order valence-corrected chi connectivity index (χ1v) is 9.23. The van der Waals surface area contributed by atoms with Crippen LogP contribution in [-0.2, 0) is 12.4 Å². The first kappa shape index (κ1) is 13.7. The van der Waals surface area contributed by atoms with Crippen molar-refractivity contribution < 1.29 is 0 Å². The van der Waals surface area contributed by atoms with Crippen molar-refractivity contribution in [1.29, 1.82) is 0 Å². The molecule has 0 spiro atoms. The van der Waals surface area contributed by atoms with E-state index in [1.807, 2.05) is 0 Å². The maximum Gasteiger partial charge on any atom is 0.124 e. The molecule has 0 saturated carbocycles. The molecule has 19 heavy (non-hydrogen) atoms. The van der Waals surface area contributed by atoms with Crippen molar-refractivity contribution in [3.05, 3.63) is 29.6 Å². The molecule has 102 valence electrons. The van der Waals surface area contributed by atoms with Crippen molar-refractivity contribution in [2.45, 2.75) is 24.6 Å². The van der Waals surface area contributed by atoms with Crippen molar-refractivity contribution in [2.75, 3.05) is 17.3 Å². The van der Waals surface area contributed by atoms with E-state index in [0.717, 1.165) is 17.9 Å². The van der Waals surface area contributed by atoms with Crippen LogP contribution in [0.3, 0.4) is 0 Å². The van der Waals surface area contributed by atoms with Gasteiger partial charge in [-0.15, -0.1) is 11.6 Å². The molecule has 1 fully saturated rings. The number of aromatic nitrogens is 2. The highest BCUT2D eigenvalue weighted by Crippen LogP contribution is 2.28. The van der Waals surface area contributed by atoms with Crippen molar-refractivity contribution in [1.82, 2.24) is 9.55 Å². The number of rotatable bonds is 3. The van der Waals surface area contributed by atoms with Gasteiger partial charge in [-0.05, 0) is 18.6 Å². The summed E-state index contributed by atoms with van der Waals surface area (Å²) < 4.78 is 2.32. The van der Waals surface area contributed by atoms with Crippen molar-refractivity contribution >= 4 is 46.2 Å². The average molecular weight is 313 g/mol. The third-order valence-corrected chi connectivity index (χ3v) is 6.52. The summed E-state index contributed by atoms with van der Waals surface area (Å²) in [6.45, 7) is 3.14. The largest absolute Gasteiger partial charge is 0.326 e. The molecular weight excluding hydrogens is 296 g/mol. The van der Waals surface area contributed by atoms with Gasteiger partial charge in [0.25, 0.3) is 0 Å². The van der Waals surface area contributed by atoms with E-state index in [1.54, 1.807) is 0 Å². The van der Waals surface area contributed by atoms with Crippen molar-refractivity contribution in [2.24, 2.45) is 0 Å². The average Bonchev–Trinajstić information content (AvgIpc) is 2.80. The Labute approximate surface area is 127 Å². The van der Waals surface area contributed by atoms with Gasteiger partial charge in [0.2, 0.25) is 0 Å². The van der Waals surface area contributed by atoms with Gasteiger partial charge in [0, 0.05) is 29.1 Å². The van der Waals surface area contributed by atoms with E-state index >= 15 is 0 Å². The summed E-state index contributed by atoms with van der Waals surface area (Å²) in [5, 5.41) is 0.679. The Balaban J connectivity index is 1.98. The second-order valence-electron chi connectivity index (χ2n) is 4.78. The Kier molecular flexibility index (Phi) is 4.30. The fraction of sp³-hybridized carbons (Fsp3) is 0.500. The fourth-order valence-electron chi connectivity index (χ4n) is 2.49. The van der Waals surface area contributed by atoms with Crippen LogP contribution in [0.2, 0.25) is 0 Å². The molecule has 1 unspecified atom stereocenters. The third-order valence-electron chi connectivity index (χ3n) is 3.45. The van der Waals surface area contributed by atoms with Crippen LogP contribution >= 0.6 is 35.1 Å². The lowest BCUT2D eigenvalue weighted by Gasteiger charge is -2.22. The molecule has 1 aliphatic heterocycles. The summed E-state index contributed by atoms with van der Waals surface area (Å²) in [4.78, 5) is 4.71. The highest BCUT2D eigenvalue weighted by atomic mass is 35.5. The lowest BCUT2D eigenvalue weighted by atomic mass is 10.2. The number of fused-ring (bicyclic) bond motifs is 1. The molecule has 0 aliphatic carbocycles. The number of hydrogen-bond acceptors (Lipinski definition) is 3. The Hall–Kier alpha value is -0.320. The predicted octanol–water partition coefficient (Wildman–Crippen LogP) is 3.93. The Bertz CT molecular complexity index is 576. The molecule has 5 heteroatoms. The summed E-state index contributed by atoms with van der Waals surface area (Å²) in [7, 11) is 0. The molecule has 3 rings (SSSR count). The van der Waals surface area contributed by atoms with Crippen LogP contribution in [0.25, 0.3) is 11.0 Å². The number of hydrogen-bond donors (Lipinski definition) is 0. The molecule has 2 aromatic rings. The van der Waals surface area contributed by atoms with E-state index < -0.39 is 0 Å². The van der Waals surface area contributed by atoms with E-state index in [4.69, 9.17) is 16.6 Å². The van der Waals surface area contributed by atoms with Crippen LogP contribution in [0, 0.1) is 6.92 Å². The molecule has 1 aromatic heterocycles. The number of nitrogens with zero attached hydrogens (tertiary/aromatic N) is 2. The Morgan fingerprint density at radius 3 is 3.05 bits per heavy atom. The number of imidazole rings is 1. The monoisotopic (exact) mass is 312 g/mol. The molecule has 2 heterocycles. The second-order valence-corrected chi connectivity index (χ2v) is 7.61. The number of halogens is 1. The fourth-order valence-corrected chi connectivity index (χ4v) is 5.34. The van der Waals surface area contributed by atoms with E-state index in [-0.39, 0.29) is 0 Å². The van der Waals surface area contributed by atoms with Crippen molar-refractivity contribution in [3.8, 4) is 0 Å². The van der Waals surface area contributed by atoms with Gasteiger partial charge in [-0.1, -0.05) is 12.1 Å². The number of para-hydroxylation sites is 1. The van der Waals surface area contributed by atoms with E-state index in [2.05, 4.69) is 53.2 Å². The predicted molar refractivity (Wildman–Crippen MR) is 87.6 cm³/mol. The van der Waals surface area contributed by atoms with E-state index in [9.17, 15) is 0 Å². The third kappa shape index (κ3) is 2.76.